The first kappa shape index (κ1) is 25.6. The zero-order valence-corrected chi connectivity index (χ0v) is 23.1. The van der Waals surface area contributed by atoms with Gasteiger partial charge in [0.25, 0.3) is 10.0 Å². The molecular formula is C26H34N4O3S2. The highest BCUT2D eigenvalue weighted by Gasteiger charge is 2.39. The second-order valence-electron chi connectivity index (χ2n) is 10.2. The maximum Gasteiger partial charge on any atom is 0.264 e. The summed E-state index contributed by atoms with van der Waals surface area (Å²) in [7, 11) is -1.31. The van der Waals surface area contributed by atoms with Gasteiger partial charge in [0.1, 0.15) is 11.0 Å². The number of nitrogens with zero attached hydrogens (tertiary/aromatic N) is 4. The number of sulfonamides is 1. The van der Waals surface area contributed by atoms with Crippen LogP contribution in [0.5, 0.6) is 0 Å². The van der Waals surface area contributed by atoms with Gasteiger partial charge in [-0.1, -0.05) is 24.3 Å². The molecule has 35 heavy (non-hydrogen) atoms. The van der Waals surface area contributed by atoms with Gasteiger partial charge >= 0.3 is 0 Å². The molecule has 1 aliphatic heterocycles. The van der Waals surface area contributed by atoms with E-state index in [0.717, 1.165) is 22.3 Å². The molecule has 0 fully saturated rings. The van der Waals surface area contributed by atoms with E-state index in [0.29, 0.717) is 29.1 Å². The predicted molar refractivity (Wildman–Crippen MR) is 142 cm³/mol. The van der Waals surface area contributed by atoms with Crippen LogP contribution in [0, 0.1) is 13.8 Å². The average molecular weight is 515 g/mol. The summed E-state index contributed by atoms with van der Waals surface area (Å²) in [4.78, 5) is 0.296. The number of aryl methyl sites for hydroxylation is 3. The Hall–Kier alpha value is -2.49. The second-order valence-corrected chi connectivity index (χ2v) is 14.3. The summed E-state index contributed by atoms with van der Waals surface area (Å²) in [5.41, 5.74) is 5.03. The lowest BCUT2D eigenvalue weighted by atomic mass is 9.95. The van der Waals surface area contributed by atoms with Gasteiger partial charge in [0.05, 0.1) is 27.6 Å². The smallest absolute Gasteiger partial charge is 0.264 e. The minimum Gasteiger partial charge on any atom is -0.275 e. The van der Waals surface area contributed by atoms with Crippen molar-refractivity contribution in [3.63, 3.8) is 0 Å². The monoisotopic (exact) mass is 514 g/mol. The van der Waals surface area contributed by atoms with E-state index in [2.05, 4.69) is 5.10 Å². The highest BCUT2D eigenvalue weighted by atomic mass is 32.2. The average Bonchev–Trinajstić information content (AvgIpc) is 3.23. The van der Waals surface area contributed by atoms with Crippen LogP contribution in [0.15, 0.2) is 53.7 Å². The lowest BCUT2D eigenvalue weighted by Crippen LogP contribution is -2.43. The Bertz CT molecular complexity index is 1390. The Morgan fingerprint density at radius 3 is 2.40 bits per heavy atom. The van der Waals surface area contributed by atoms with E-state index in [9.17, 15) is 12.6 Å². The third kappa shape index (κ3) is 4.69. The Balaban J connectivity index is 1.75. The standard InChI is InChI=1S/C26H34N4O3S2/c1-18-9-8-10-22-23(29(7)34(31)26(3,4)5)13-14-30(25(18)22)35(32,33)24-12-11-20(15-19(24)2)21-16-27-28(6)17-21/h8-12,15-17,23H,13-14H2,1-7H3. The van der Waals surface area contributed by atoms with Gasteiger partial charge in [-0.15, -0.1) is 0 Å². The number of rotatable bonds is 5. The minimum absolute atomic E-state index is 0.134. The van der Waals surface area contributed by atoms with Crippen molar-refractivity contribution >= 4 is 26.7 Å². The van der Waals surface area contributed by atoms with E-state index < -0.39 is 25.8 Å². The summed E-state index contributed by atoms with van der Waals surface area (Å²) < 4.78 is 45.9. The fraction of sp³-hybridized carbons (Fsp3) is 0.423. The van der Waals surface area contributed by atoms with Gasteiger partial charge < -0.3 is 0 Å². The van der Waals surface area contributed by atoms with Gasteiger partial charge in [0.2, 0.25) is 0 Å². The molecule has 0 spiro atoms. The molecule has 2 aromatic carbocycles. The van der Waals surface area contributed by atoms with E-state index >= 15 is 0 Å². The van der Waals surface area contributed by atoms with Gasteiger partial charge in [-0.2, -0.15) is 5.10 Å². The Morgan fingerprint density at radius 1 is 1.09 bits per heavy atom. The number of fused-ring (bicyclic) bond motifs is 1. The summed E-state index contributed by atoms with van der Waals surface area (Å²) in [6.45, 7) is 9.94. The molecule has 0 aliphatic carbocycles. The second kappa shape index (κ2) is 9.19. The number of benzene rings is 2. The first-order valence-corrected chi connectivity index (χ1v) is 14.2. The quantitative estimate of drug-likeness (QED) is 0.493. The molecule has 0 N–H and O–H groups in total. The lowest BCUT2D eigenvalue weighted by molar-refractivity contribution is 0.366. The Kier molecular flexibility index (Phi) is 6.72. The van der Waals surface area contributed by atoms with E-state index in [4.69, 9.17) is 0 Å². The van der Waals surface area contributed by atoms with Gasteiger partial charge in [-0.25, -0.2) is 16.9 Å². The van der Waals surface area contributed by atoms with Crippen molar-refractivity contribution in [1.29, 1.82) is 0 Å². The molecule has 2 heterocycles. The largest absolute Gasteiger partial charge is 0.275 e. The summed E-state index contributed by atoms with van der Waals surface area (Å²) >= 11 is 0. The fourth-order valence-electron chi connectivity index (χ4n) is 4.77. The molecule has 2 unspecified atom stereocenters. The molecule has 3 aromatic rings. The zero-order valence-electron chi connectivity index (χ0n) is 21.4. The van der Waals surface area contributed by atoms with Gasteiger partial charge in [-0.3, -0.25) is 8.99 Å². The fourth-order valence-corrected chi connectivity index (χ4v) is 7.86. The van der Waals surface area contributed by atoms with Crippen molar-refractivity contribution in [3.05, 3.63) is 65.5 Å². The molecule has 0 bridgehead atoms. The summed E-state index contributed by atoms with van der Waals surface area (Å²) in [5, 5.41) is 4.22. The number of aromatic nitrogens is 2. The van der Waals surface area contributed by atoms with E-state index in [1.54, 1.807) is 16.9 Å². The van der Waals surface area contributed by atoms with Crippen molar-refractivity contribution < 1.29 is 12.6 Å². The zero-order chi connectivity index (χ0) is 25.7. The molecule has 188 valence electrons. The highest BCUT2D eigenvalue weighted by Crippen LogP contribution is 2.43. The maximum atomic E-state index is 14.0. The van der Waals surface area contributed by atoms with Crippen LogP contribution in [0.4, 0.5) is 5.69 Å². The lowest BCUT2D eigenvalue weighted by Gasteiger charge is -2.40. The highest BCUT2D eigenvalue weighted by molar-refractivity contribution is 7.93. The molecule has 0 amide bonds. The van der Waals surface area contributed by atoms with Gasteiger partial charge in [0, 0.05) is 32.4 Å². The molecule has 0 saturated carbocycles. The summed E-state index contributed by atoms with van der Waals surface area (Å²) in [5.74, 6) is 0. The molecule has 9 heteroatoms. The first-order valence-electron chi connectivity index (χ1n) is 11.7. The Morgan fingerprint density at radius 2 is 1.80 bits per heavy atom. The van der Waals surface area contributed by atoms with Crippen LogP contribution in [0.3, 0.4) is 0 Å². The van der Waals surface area contributed by atoms with Crippen LogP contribution in [0.2, 0.25) is 0 Å². The van der Waals surface area contributed by atoms with Gasteiger partial charge in [-0.05, 0) is 75.4 Å². The van der Waals surface area contributed by atoms with Crippen LogP contribution in [-0.4, -0.2) is 45.1 Å². The van der Waals surface area contributed by atoms with E-state index in [-0.39, 0.29) is 6.04 Å². The first-order chi connectivity index (χ1) is 16.3. The van der Waals surface area contributed by atoms with Crippen LogP contribution < -0.4 is 4.31 Å². The van der Waals surface area contributed by atoms with Crippen molar-refractivity contribution in [1.82, 2.24) is 14.1 Å². The third-order valence-electron chi connectivity index (χ3n) is 6.49. The SMILES string of the molecule is Cc1cc(-c2cnn(C)c2)ccc1S(=O)(=O)N1CCC(N(C)S(=O)C(C)(C)C)c2cccc(C)c21. The van der Waals surface area contributed by atoms with Gasteiger partial charge in [0.15, 0.2) is 0 Å². The molecule has 0 radical (unpaired) electrons. The maximum absolute atomic E-state index is 14.0. The number of hydrogen-bond donors (Lipinski definition) is 0. The van der Waals surface area contributed by atoms with E-state index in [1.807, 2.05) is 89.5 Å². The summed E-state index contributed by atoms with van der Waals surface area (Å²) in [6.07, 6.45) is 4.23. The van der Waals surface area contributed by atoms with Crippen LogP contribution in [0.1, 0.15) is 49.9 Å². The van der Waals surface area contributed by atoms with Crippen molar-refractivity contribution in [2.45, 2.75) is 56.7 Å². The predicted octanol–water partition coefficient (Wildman–Crippen LogP) is 4.74. The molecule has 1 aromatic heterocycles. The Labute approximate surface area is 211 Å². The van der Waals surface area contributed by atoms with Crippen LogP contribution in [-0.2, 0) is 28.1 Å². The van der Waals surface area contributed by atoms with Crippen molar-refractivity contribution in [3.8, 4) is 11.1 Å². The molecule has 4 rings (SSSR count). The third-order valence-corrected chi connectivity index (χ3v) is 10.3. The minimum atomic E-state index is -3.80. The van der Waals surface area contributed by atoms with E-state index in [1.165, 1.54) is 4.31 Å². The molecule has 1 aliphatic rings. The molecule has 0 saturated heterocycles. The van der Waals surface area contributed by atoms with Crippen LogP contribution >= 0.6 is 0 Å². The van der Waals surface area contributed by atoms with Crippen molar-refractivity contribution in [2.75, 3.05) is 17.9 Å². The molecule has 2 atom stereocenters. The number of hydrogen-bond acceptors (Lipinski definition) is 4. The molecule has 7 nitrogen and oxygen atoms in total. The number of para-hydroxylation sites is 1. The topological polar surface area (TPSA) is 75.5 Å². The molecular weight excluding hydrogens is 480 g/mol. The summed E-state index contributed by atoms with van der Waals surface area (Å²) in [6, 6.07) is 11.1. The number of anilines is 1. The van der Waals surface area contributed by atoms with Crippen molar-refractivity contribution in [2.24, 2.45) is 7.05 Å². The van der Waals surface area contributed by atoms with Crippen LogP contribution in [0.25, 0.3) is 11.1 Å². The normalized spacial score (nSPS) is 17.5.